The van der Waals surface area contributed by atoms with Crippen molar-refractivity contribution < 1.29 is 19.8 Å². The highest BCUT2D eigenvalue weighted by atomic mass is 16.4. The maximum atomic E-state index is 11.3. The van der Waals surface area contributed by atoms with Gasteiger partial charge >= 0.3 is 11.9 Å². The molecule has 0 spiro atoms. The van der Waals surface area contributed by atoms with Crippen molar-refractivity contribution >= 4 is 17.8 Å². The number of hydrogen-bond donors (Lipinski definition) is 3. The second-order valence-electron chi connectivity index (χ2n) is 3.55. The van der Waals surface area contributed by atoms with E-state index in [9.17, 15) is 14.4 Å². The van der Waals surface area contributed by atoms with Crippen LogP contribution in [-0.4, -0.2) is 45.2 Å². The molecule has 0 bridgehead atoms. The van der Waals surface area contributed by atoms with Crippen molar-refractivity contribution in [3.8, 4) is 0 Å². The number of aromatic nitrogens is 2. The van der Waals surface area contributed by atoms with Crippen LogP contribution in [0.25, 0.3) is 0 Å². The molecule has 0 saturated carbocycles. The molecule has 0 aliphatic heterocycles. The predicted molar refractivity (Wildman–Crippen MR) is 61.7 cm³/mol. The highest BCUT2D eigenvalue weighted by Gasteiger charge is 2.16. The highest BCUT2D eigenvalue weighted by Crippen LogP contribution is 2.07. The number of aliphatic carboxylic acids is 2. The number of nitrogens with one attached hydrogen (secondary N) is 1. The van der Waals surface area contributed by atoms with Gasteiger partial charge in [-0.25, -0.2) is 4.98 Å². The molecule has 1 aromatic heterocycles. The van der Waals surface area contributed by atoms with E-state index in [-0.39, 0.29) is 5.82 Å². The van der Waals surface area contributed by atoms with E-state index in [4.69, 9.17) is 10.2 Å². The molecule has 98 valence electrons. The van der Waals surface area contributed by atoms with E-state index in [2.05, 4.69) is 9.97 Å². The van der Waals surface area contributed by atoms with Crippen molar-refractivity contribution in [2.24, 2.45) is 0 Å². The summed E-state index contributed by atoms with van der Waals surface area (Å²) in [5.41, 5.74) is -0.447. The average Bonchev–Trinajstić information content (AvgIpc) is 2.26. The molecule has 0 aromatic carbocycles. The molecule has 1 rings (SSSR count). The molecule has 1 heterocycles. The minimum Gasteiger partial charge on any atom is -0.480 e. The third-order valence-corrected chi connectivity index (χ3v) is 2.09. The maximum absolute atomic E-state index is 11.3. The van der Waals surface area contributed by atoms with Crippen LogP contribution in [-0.2, 0) is 16.0 Å². The summed E-state index contributed by atoms with van der Waals surface area (Å²) in [5, 5.41) is 17.4. The smallest absolute Gasteiger partial charge is 0.323 e. The molecule has 0 saturated heterocycles. The topological polar surface area (TPSA) is 124 Å². The summed E-state index contributed by atoms with van der Waals surface area (Å²) in [4.78, 5) is 40.1. The fourth-order valence-corrected chi connectivity index (χ4v) is 1.37. The summed E-state index contributed by atoms with van der Waals surface area (Å²) in [6.45, 7) is 0.693. The zero-order chi connectivity index (χ0) is 13.7. The number of carboxylic acid groups (broad SMARTS) is 2. The first-order valence-corrected chi connectivity index (χ1v) is 5.21. The van der Waals surface area contributed by atoms with Gasteiger partial charge in [0.05, 0.1) is 0 Å². The maximum Gasteiger partial charge on any atom is 0.323 e. The fourth-order valence-electron chi connectivity index (χ4n) is 1.37. The van der Waals surface area contributed by atoms with Gasteiger partial charge in [0.1, 0.15) is 24.7 Å². The summed E-state index contributed by atoms with van der Waals surface area (Å²) < 4.78 is 0. The Balaban J connectivity index is 3.10. The van der Waals surface area contributed by atoms with Crippen LogP contribution >= 0.6 is 0 Å². The molecular formula is C10H13N3O5. The average molecular weight is 255 g/mol. The molecule has 8 heteroatoms. The van der Waals surface area contributed by atoms with Gasteiger partial charge in [0.25, 0.3) is 5.56 Å². The SMILES string of the molecule is CCc1nc(N(CC(=O)O)CC(=O)O)cc(=O)[nH]1. The van der Waals surface area contributed by atoms with E-state index >= 15 is 0 Å². The van der Waals surface area contributed by atoms with Crippen LogP contribution in [0.3, 0.4) is 0 Å². The Morgan fingerprint density at radius 2 is 1.89 bits per heavy atom. The largest absolute Gasteiger partial charge is 0.480 e. The van der Waals surface area contributed by atoms with E-state index in [0.29, 0.717) is 12.2 Å². The molecule has 0 radical (unpaired) electrons. The van der Waals surface area contributed by atoms with Gasteiger partial charge in [-0.05, 0) is 0 Å². The lowest BCUT2D eigenvalue weighted by Gasteiger charge is -2.19. The van der Waals surface area contributed by atoms with Gasteiger partial charge in [-0.2, -0.15) is 0 Å². The Morgan fingerprint density at radius 3 is 2.33 bits per heavy atom. The predicted octanol–water partition coefficient (Wildman–Crippen LogP) is -0.692. The van der Waals surface area contributed by atoms with Crippen LogP contribution in [0.15, 0.2) is 10.9 Å². The van der Waals surface area contributed by atoms with Crippen molar-refractivity contribution in [1.29, 1.82) is 0 Å². The Morgan fingerprint density at radius 1 is 1.33 bits per heavy atom. The minimum atomic E-state index is -1.20. The van der Waals surface area contributed by atoms with E-state index < -0.39 is 30.6 Å². The molecule has 0 aliphatic rings. The Hall–Kier alpha value is -2.38. The first kappa shape index (κ1) is 13.7. The van der Waals surface area contributed by atoms with Crippen LogP contribution < -0.4 is 10.5 Å². The molecule has 18 heavy (non-hydrogen) atoms. The number of nitrogens with zero attached hydrogens (tertiary/aromatic N) is 2. The van der Waals surface area contributed by atoms with Crippen molar-refractivity contribution in [2.75, 3.05) is 18.0 Å². The van der Waals surface area contributed by atoms with Gasteiger partial charge in [-0.1, -0.05) is 6.92 Å². The number of hydrogen-bond acceptors (Lipinski definition) is 5. The van der Waals surface area contributed by atoms with E-state index in [0.717, 1.165) is 11.0 Å². The summed E-state index contributed by atoms with van der Waals surface area (Å²) in [6, 6.07) is 1.07. The van der Waals surface area contributed by atoms with Crippen LogP contribution in [0.1, 0.15) is 12.7 Å². The Kier molecular flexibility index (Phi) is 4.41. The van der Waals surface area contributed by atoms with Gasteiger partial charge in [-0.3, -0.25) is 14.4 Å². The van der Waals surface area contributed by atoms with E-state index in [1.54, 1.807) is 6.92 Å². The number of anilines is 1. The Bertz CT molecular complexity index is 494. The summed E-state index contributed by atoms with van der Waals surface area (Å²) in [6.07, 6.45) is 0.455. The van der Waals surface area contributed by atoms with Gasteiger partial charge in [0.15, 0.2) is 0 Å². The number of carboxylic acids is 2. The van der Waals surface area contributed by atoms with Crippen molar-refractivity contribution in [1.82, 2.24) is 9.97 Å². The monoisotopic (exact) mass is 255 g/mol. The van der Waals surface area contributed by atoms with Gasteiger partial charge in [0, 0.05) is 12.5 Å². The van der Waals surface area contributed by atoms with Crippen molar-refractivity contribution in [3.05, 3.63) is 22.2 Å². The van der Waals surface area contributed by atoms with Crippen molar-refractivity contribution in [2.45, 2.75) is 13.3 Å². The molecule has 0 atom stereocenters. The first-order valence-electron chi connectivity index (χ1n) is 5.21. The quantitative estimate of drug-likeness (QED) is 0.614. The van der Waals surface area contributed by atoms with E-state index in [1.165, 1.54) is 0 Å². The standard InChI is InChI=1S/C10H13N3O5/c1-2-6-11-7(3-8(14)12-6)13(4-9(15)16)5-10(17)18/h3H,2,4-5H2,1H3,(H,15,16)(H,17,18)(H,11,12,14). The summed E-state index contributed by atoms with van der Waals surface area (Å²) in [5.74, 6) is -1.98. The molecule has 1 aromatic rings. The van der Waals surface area contributed by atoms with Crippen molar-refractivity contribution in [3.63, 3.8) is 0 Å². The molecule has 3 N–H and O–H groups in total. The molecular weight excluding hydrogens is 242 g/mol. The lowest BCUT2D eigenvalue weighted by Crippen LogP contribution is -2.36. The van der Waals surface area contributed by atoms with Crippen LogP contribution in [0.2, 0.25) is 0 Å². The lowest BCUT2D eigenvalue weighted by atomic mass is 10.4. The summed E-state index contributed by atoms with van der Waals surface area (Å²) in [7, 11) is 0. The third-order valence-electron chi connectivity index (χ3n) is 2.09. The molecule has 0 unspecified atom stereocenters. The Labute approximate surface area is 102 Å². The lowest BCUT2D eigenvalue weighted by molar-refractivity contribution is -0.136. The zero-order valence-electron chi connectivity index (χ0n) is 9.71. The van der Waals surface area contributed by atoms with Crippen LogP contribution in [0.5, 0.6) is 0 Å². The second kappa shape index (κ2) is 5.80. The zero-order valence-corrected chi connectivity index (χ0v) is 9.71. The molecule has 8 nitrogen and oxygen atoms in total. The number of aromatic amines is 1. The number of H-pyrrole nitrogens is 1. The molecule has 0 fully saturated rings. The highest BCUT2D eigenvalue weighted by molar-refractivity contribution is 5.78. The number of carbonyl (C=O) groups is 2. The van der Waals surface area contributed by atoms with Gasteiger partial charge < -0.3 is 20.1 Å². The van der Waals surface area contributed by atoms with Gasteiger partial charge in [0.2, 0.25) is 0 Å². The van der Waals surface area contributed by atoms with E-state index in [1.807, 2.05) is 0 Å². The number of aryl methyl sites for hydroxylation is 1. The third kappa shape index (κ3) is 3.89. The fraction of sp³-hybridized carbons (Fsp3) is 0.400. The second-order valence-corrected chi connectivity index (χ2v) is 3.55. The first-order chi connectivity index (χ1) is 8.42. The summed E-state index contributed by atoms with van der Waals surface area (Å²) >= 11 is 0. The van der Waals surface area contributed by atoms with Crippen LogP contribution in [0.4, 0.5) is 5.82 Å². The molecule has 0 amide bonds. The number of rotatable bonds is 6. The molecule has 0 aliphatic carbocycles. The van der Waals surface area contributed by atoms with Crippen LogP contribution in [0, 0.1) is 0 Å². The normalized spacial score (nSPS) is 10.1. The minimum absolute atomic E-state index is 0.0420. The van der Waals surface area contributed by atoms with Gasteiger partial charge in [-0.15, -0.1) is 0 Å².